The van der Waals surface area contributed by atoms with Crippen molar-refractivity contribution in [1.29, 1.82) is 0 Å². The Morgan fingerprint density at radius 3 is 2.75 bits per heavy atom. The highest BCUT2D eigenvalue weighted by molar-refractivity contribution is 6.20. The Hall–Kier alpha value is -0.0500. The quantitative estimate of drug-likeness (QED) is 0.689. The fourth-order valence-electron chi connectivity index (χ4n) is 1.17. The molecular weight excluding hydrogens is 197 g/mol. The first-order valence-electron chi connectivity index (χ1n) is 3.74. The van der Waals surface area contributed by atoms with E-state index in [9.17, 15) is 5.11 Å². The van der Waals surface area contributed by atoms with Crippen LogP contribution in [0.3, 0.4) is 0 Å². The predicted molar refractivity (Wildman–Crippen MR) is 52.1 cm³/mol. The topological polar surface area (TPSA) is 32.6 Å². The van der Waals surface area contributed by atoms with Crippen LogP contribution in [-0.4, -0.2) is 28.7 Å². The zero-order valence-corrected chi connectivity index (χ0v) is 8.31. The monoisotopic (exact) mass is 207 g/mol. The van der Waals surface area contributed by atoms with Crippen LogP contribution in [0.1, 0.15) is 6.92 Å². The van der Waals surface area contributed by atoms with E-state index in [4.69, 9.17) is 23.2 Å². The van der Waals surface area contributed by atoms with Crippen LogP contribution in [0.15, 0.2) is 16.8 Å². The Labute approximate surface area is 81.9 Å². The van der Waals surface area contributed by atoms with Gasteiger partial charge in [0.25, 0.3) is 0 Å². The number of aliphatic imine (C=N–C) groups is 1. The van der Waals surface area contributed by atoms with Gasteiger partial charge < -0.3 is 5.11 Å². The molecule has 2 nitrogen and oxygen atoms in total. The summed E-state index contributed by atoms with van der Waals surface area (Å²) < 4.78 is 0. The van der Waals surface area contributed by atoms with E-state index in [1.807, 2.05) is 0 Å². The molecule has 0 amide bonds. The molecule has 12 heavy (non-hydrogen) atoms. The number of hydrogen-bond acceptors (Lipinski definition) is 2. The summed E-state index contributed by atoms with van der Waals surface area (Å²) in [7, 11) is 0. The molecule has 4 heteroatoms. The van der Waals surface area contributed by atoms with Gasteiger partial charge >= 0.3 is 0 Å². The minimum Gasteiger partial charge on any atom is -0.386 e. The van der Waals surface area contributed by atoms with Gasteiger partial charge in [-0.15, -0.1) is 23.2 Å². The molecule has 0 spiro atoms. The summed E-state index contributed by atoms with van der Waals surface area (Å²) in [6.45, 7) is 1.78. The summed E-state index contributed by atoms with van der Waals surface area (Å²) in [5.74, 6) is 0.694. The molecular formula is C8H11Cl2NO. The van der Waals surface area contributed by atoms with Gasteiger partial charge in [-0.05, 0) is 12.5 Å². The van der Waals surface area contributed by atoms with E-state index >= 15 is 0 Å². The number of hydrogen-bond donors (Lipinski definition) is 1. The van der Waals surface area contributed by atoms with Crippen LogP contribution in [0.5, 0.6) is 0 Å². The Morgan fingerprint density at radius 2 is 2.25 bits per heavy atom. The second-order valence-corrected chi connectivity index (χ2v) is 3.39. The molecule has 0 saturated carbocycles. The first kappa shape index (κ1) is 10.0. The molecule has 0 aliphatic carbocycles. The maximum absolute atomic E-state index is 9.62. The van der Waals surface area contributed by atoms with Crippen LogP contribution in [0.25, 0.3) is 0 Å². The van der Waals surface area contributed by atoms with Gasteiger partial charge in [0, 0.05) is 29.6 Å². The Bertz CT molecular complexity index is 225. The van der Waals surface area contributed by atoms with Gasteiger partial charge in [0.15, 0.2) is 0 Å². The van der Waals surface area contributed by atoms with Gasteiger partial charge in [-0.3, -0.25) is 4.99 Å². The van der Waals surface area contributed by atoms with Gasteiger partial charge in [-0.1, -0.05) is 0 Å². The second kappa shape index (κ2) is 4.26. The average molecular weight is 208 g/mol. The van der Waals surface area contributed by atoms with Crippen molar-refractivity contribution in [1.82, 2.24) is 0 Å². The smallest absolute Gasteiger partial charge is 0.0995 e. The molecule has 0 radical (unpaired) electrons. The molecule has 0 aromatic rings. The van der Waals surface area contributed by atoms with Crippen molar-refractivity contribution in [2.45, 2.75) is 13.0 Å². The van der Waals surface area contributed by atoms with E-state index in [2.05, 4.69) is 4.99 Å². The van der Waals surface area contributed by atoms with E-state index in [0.29, 0.717) is 17.5 Å². The van der Waals surface area contributed by atoms with Crippen LogP contribution in [0, 0.1) is 5.92 Å². The predicted octanol–water partition coefficient (Wildman–Crippen LogP) is 1.80. The van der Waals surface area contributed by atoms with E-state index in [0.717, 1.165) is 5.57 Å². The number of nitrogens with zero attached hydrogens (tertiary/aromatic N) is 1. The van der Waals surface area contributed by atoms with Gasteiger partial charge in [0.1, 0.15) is 0 Å². The van der Waals surface area contributed by atoms with Gasteiger partial charge in [-0.2, -0.15) is 0 Å². The van der Waals surface area contributed by atoms with E-state index in [1.165, 1.54) is 0 Å². The maximum atomic E-state index is 9.62. The van der Waals surface area contributed by atoms with Crippen molar-refractivity contribution < 1.29 is 5.11 Å². The third-order valence-corrected chi connectivity index (χ3v) is 2.68. The Balaban J connectivity index is 2.85. The lowest BCUT2D eigenvalue weighted by Crippen LogP contribution is -2.33. The molecule has 1 N–H and O–H groups in total. The van der Waals surface area contributed by atoms with Crippen LogP contribution in [-0.2, 0) is 0 Å². The summed E-state index contributed by atoms with van der Waals surface area (Å²) in [4.78, 5) is 4.02. The van der Waals surface area contributed by atoms with Crippen molar-refractivity contribution >= 4 is 28.9 Å². The molecule has 2 atom stereocenters. The normalized spacial score (nSPS) is 29.7. The highest BCUT2D eigenvalue weighted by atomic mass is 35.5. The summed E-state index contributed by atoms with van der Waals surface area (Å²) in [6, 6.07) is 0. The van der Waals surface area contributed by atoms with Crippen molar-refractivity contribution in [2.75, 3.05) is 11.8 Å². The fraction of sp³-hybridized carbons (Fsp3) is 0.625. The van der Waals surface area contributed by atoms with Crippen LogP contribution in [0.4, 0.5) is 0 Å². The van der Waals surface area contributed by atoms with Gasteiger partial charge in [0.2, 0.25) is 0 Å². The molecule has 2 unspecified atom stereocenters. The first-order chi connectivity index (χ1) is 5.70. The van der Waals surface area contributed by atoms with Gasteiger partial charge in [0.05, 0.1) is 6.10 Å². The minimum absolute atomic E-state index is 0.0679. The molecule has 1 aliphatic rings. The van der Waals surface area contributed by atoms with Crippen molar-refractivity contribution in [3.63, 3.8) is 0 Å². The van der Waals surface area contributed by atoms with E-state index < -0.39 is 6.10 Å². The maximum Gasteiger partial charge on any atom is 0.0995 e. The number of rotatable bonds is 2. The second-order valence-electron chi connectivity index (χ2n) is 2.81. The van der Waals surface area contributed by atoms with Crippen molar-refractivity contribution in [3.05, 3.63) is 11.8 Å². The molecule has 0 aromatic carbocycles. The van der Waals surface area contributed by atoms with Crippen LogP contribution < -0.4 is 0 Å². The number of aliphatic hydroxyl groups is 1. The molecule has 68 valence electrons. The fourth-order valence-corrected chi connectivity index (χ4v) is 1.80. The van der Waals surface area contributed by atoms with Gasteiger partial charge in [-0.25, -0.2) is 0 Å². The van der Waals surface area contributed by atoms with Crippen molar-refractivity contribution in [3.8, 4) is 0 Å². The molecule has 0 aromatic heterocycles. The Morgan fingerprint density at radius 1 is 1.58 bits per heavy atom. The van der Waals surface area contributed by atoms with Crippen LogP contribution in [0.2, 0.25) is 0 Å². The zero-order valence-electron chi connectivity index (χ0n) is 6.80. The standard InChI is InChI=1S/C8H11Cl2NO/c1-5-8(12)7(3-10)6(2-9)4-11-5/h4,7-8,12H,2-3H2,1H3. The average Bonchev–Trinajstić information content (AvgIpc) is 2.09. The molecule has 1 aliphatic heterocycles. The lowest BCUT2D eigenvalue weighted by atomic mass is 9.92. The van der Waals surface area contributed by atoms with E-state index in [1.54, 1.807) is 13.1 Å². The Kier molecular flexibility index (Phi) is 3.56. The summed E-state index contributed by atoms with van der Waals surface area (Å²) in [5.41, 5.74) is 1.61. The molecule has 0 saturated heterocycles. The number of halogens is 2. The summed E-state index contributed by atoms with van der Waals surface area (Å²) in [6.07, 6.45) is 1.13. The largest absolute Gasteiger partial charge is 0.386 e. The highest BCUT2D eigenvalue weighted by Gasteiger charge is 2.26. The number of aliphatic hydroxyl groups excluding tert-OH is 1. The lowest BCUT2D eigenvalue weighted by molar-refractivity contribution is 0.197. The first-order valence-corrected chi connectivity index (χ1v) is 4.80. The summed E-state index contributed by atoms with van der Waals surface area (Å²) >= 11 is 11.4. The SMILES string of the molecule is CC1=NC=C(CCl)C(CCl)C1O. The third-order valence-electron chi connectivity index (χ3n) is 2.04. The van der Waals surface area contributed by atoms with E-state index in [-0.39, 0.29) is 5.92 Å². The molecule has 1 rings (SSSR count). The van der Waals surface area contributed by atoms with Crippen molar-refractivity contribution in [2.24, 2.45) is 10.9 Å². The third kappa shape index (κ3) is 1.82. The minimum atomic E-state index is -0.568. The van der Waals surface area contributed by atoms with Crippen LogP contribution >= 0.6 is 23.2 Å². The molecule has 0 fully saturated rings. The zero-order chi connectivity index (χ0) is 9.14. The summed E-state index contributed by atoms with van der Waals surface area (Å²) in [5, 5.41) is 9.62. The highest BCUT2D eigenvalue weighted by Crippen LogP contribution is 2.23. The molecule has 0 bridgehead atoms. The lowest BCUT2D eigenvalue weighted by Gasteiger charge is -2.25. The molecule has 1 heterocycles. The number of alkyl halides is 2.